The molecule has 0 saturated heterocycles. The summed E-state index contributed by atoms with van der Waals surface area (Å²) in [5, 5.41) is 26.5. The molecule has 1 aliphatic rings. The molecule has 152 valence electrons. The highest BCUT2D eigenvalue weighted by molar-refractivity contribution is 7.99. The molecule has 29 heavy (non-hydrogen) atoms. The van der Waals surface area contributed by atoms with Crippen LogP contribution in [0.2, 0.25) is 0 Å². The van der Waals surface area contributed by atoms with Crippen LogP contribution in [0.5, 0.6) is 5.75 Å². The standard InChI is InChI=1S/C20H22N4O4S/c1-13-6-3-2-4-8-14(9-5-7-13)29-16-10-15(25)18(19-22-12-23-24(16)19)20(28)21-11-17(26)27/h2-4,6,10,12,14,25H,1,5,7-9,11H2,(H,21,28)(H,26,27)/b4-2-,6-3-. The molecule has 0 radical (unpaired) electrons. The van der Waals surface area contributed by atoms with Gasteiger partial charge in [-0.05, 0) is 25.7 Å². The Labute approximate surface area is 172 Å². The smallest absolute Gasteiger partial charge is 0.322 e. The van der Waals surface area contributed by atoms with Gasteiger partial charge < -0.3 is 15.5 Å². The quantitative estimate of drug-likeness (QED) is 0.689. The van der Waals surface area contributed by atoms with Crippen molar-refractivity contribution in [3.05, 3.63) is 54.4 Å². The predicted molar refractivity (Wildman–Crippen MR) is 110 cm³/mol. The van der Waals surface area contributed by atoms with Gasteiger partial charge in [0.1, 0.15) is 29.2 Å². The second kappa shape index (κ2) is 9.42. The van der Waals surface area contributed by atoms with E-state index >= 15 is 0 Å². The molecular weight excluding hydrogens is 392 g/mol. The monoisotopic (exact) mass is 414 g/mol. The van der Waals surface area contributed by atoms with E-state index in [-0.39, 0.29) is 22.2 Å². The van der Waals surface area contributed by atoms with Crippen molar-refractivity contribution in [2.45, 2.75) is 36.0 Å². The number of fused-ring (bicyclic) bond motifs is 1. The third-order valence-electron chi connectivity index (χ3n) is 4.41. The summed E-state index contributed by atoms with van der Waals surface area (Å²) in [4.78, 5) is 27.1. The highest BCUT2D eigenvalue weighted by Crippen LogP contribution is 2.34. The molecule has 3 rings (SSSR count). The Balaban J connectivity index is 1.86. The van der Waals surface area contributed by atoms with Gasteiger partial charge >= 0.3 is 5.97 Å². The van der Waals surface area contributed by atoms with Crippen molar-refractivity contribution < 1.29 is 19.8 Å². The molecule has 0 fully saturated rings. The van der Waals surface area contributed by atoms with Gasteiger partial charge in [-0.25, -0.2) is 9.50 Å². The number of pyridine rings is 1. The SMILES string of the molecule is C=C1/C=C\C=C/CC(Sc2cc(O)c(C(=O)NCC(=O)O)c3ncnn23)CCC1. The lowest BCUT2D eigenvalue weighted by molar-refractivity contribution is -0.135. The summed E-state index contributed by atoms with van der Waals surface area (Å²) in [5.74, 6) is -2.15. The van der Waals surface area contributed by atoms with Crippen molar-refractivity contribution >= 4 is 29.3 Å². The topological polar surface area (TPSA) is 117 Å². The van der Waals surface area contributed by atoms with E-state index in [1.807, 2.05) is 18.2 Å². The number of rotatable bonds is 5. The molecule has 1 unspecified atom stereocenters. The second-order valence-electron chi connectivity index (χ2n) is 6.63. The molecule has 0 aromatic carbocycles. The number of aliphatic carboxylic acids is 1. The zero-order valence-corrected chi connectivity index (χ0v) is 16.6. The van der Waals surface area contributed by atoms with Gasteiger partial charge in [-0.2, -0.15) is 5.10 Å². The van der Waals surface area contributed by atoms with Crippen LogP contribution < -0.4 is 5.32 Å². The van der Waals surface area contributed by atoms with E-state index in [1.165, 1.54) is 16.9 Å². The minimum absolute atomic E-state index is 0.0969. The molecule has 9 heteroatoms. The highest BCUT2D eigenvalue weighted by Gasteiger charge is 2.22. The number of aromatic nitrogens is 3. The number of carbonyl (C=O) groups excluding carboxylic acids is 1. The Hall–Kier alpha value is -3.07. The van der Waals surface area contributed by atoms with E-state index in [2.05, 4.69) is 28.1 Å². The lowest BCUT2D eigenvalue weighted by Crippen LogP contribution is -2.29. The van der Waals surface area contributed by atoms with Crippen LogP contribution in [-0.4, -0.2) is 48.5 Å². The van der Waals surface area contributed by atoms with Gasteiger partial charge in [0.2, 0.25) is 0 Å². The number of allylic oxidation sites excluding steroid dienone is 5. The van der Waals surface area contributed by atoms with Crippen LogP contribution in [0.4, 0.5) is 0 Å². The number of nitrogens with zero attached hydrogens (tertiary/aromatic N) is 3. The number of carboxylic acids is 1. The number of thioether (sulfide) groups is 1. The Kier molecular flexibility index (Phi) is 6.71. The van der Waals surface area contributed by atoms with Gasteiger partial charge in [0.05, 0.1) is 0 Å². The van der Waals surface area contributed by atoms with E-state index in [0.29, 0.717) is 5.03 Å². The van der Waals surface area contributed by atoms with Crippen molar-refractivity contribution in [1.82, 2.24) is 19.9 Å². The molecule has 0 aliphatic heterocycles. The van der Waals surface area contributed by atoms with Gasteiger partial charge in [0.15, 0.2) is 5.65 Å². The normalized spacial score (nSPS) is 19.6. The Morgan fingerprint density at radius 3 is 3.00 bits per heavy atom. The molecular formula is C20H22N4O4S. The summed E-state index contributed by atoms with van der Waals surface area (Å²) in [6.07, 6.45) is 13.1. The van der Waals surface area contributed by atoms with Crippen molar-refractivity contribution in [3.8, 4) is 5.75 Å². The summed E-state index contributed by atoms with van der Waals surface area (Å²) in [7, 11) is 0. The van der Waals surface area contributed by atoms with Crippen molar-refractivity contribution in [3.63, 3.8) is 0 Å². The largest absolute Gasteiger partial charge is 0.507 e. The summed E-state index contributed by atoms with van der Waals surface area (Å²) < 4.78 is 1.50. The third kappa shape index (κ3) is 5.26. The first-order chi connectivity index (χ1) is 14.0. The van der Waals surface area contributed by atoms with Gasteiger partial charge in [-0.15, -0.1) is 11.8 Å². The van der Waals surface area contributed by atoms with E-state index in [0.717, 1.165) is 31.3 Å². The van der Waals surface area contributed by atoms with E-state index < -0.39 is 18.4 Å². The van der Waals surface area contributed by atoms with Crippen molar-refractivity contribution in [2.24, 2.45) is 0 Å². The predicted octanol–water partition coefficient (Wildman–Crippen LogP) is 2.95. The molecule has 2 aromatic rings. The zero-order chi connectivity index (χ0) is 20.8. The molecule has 2 heterocycles. The number of carbonyl (C=O) groups is 2. The van der Waals surface area contributed by atoms with Crippen LogP contribution in [0.1, 0.15) is 36.0 Å². The number of aromatic hydroxyl groups is 1. The average molecular weight is 414 g/mol. The minimum atomic E-state index is -1.18. The highest BCUT2D eigenvalue weighted by atomic mass is 32.2. The van der Waals surface area contributed by atoms with Gasteiger partial charge in [0, 0.05) is 11.3 Å². The molecule has 1 amide bonds. The summed E-state index contributed by atoms with van der Waals surface area (Å²) >= 11 is 1.56. The van der Waals surface area contributed by atoms with Crippen molar-refractivity contribution in [2.75, 3.05) is 6.54 Å². The van der Waals surface area contributed by atoms with E-state index in [9.17, 15) is 14.7 Å². The van der Waals surface area contributed by atoms with E-state index in [1.54, 1.807) is 11.8 Å². The lowest BCUT2D eigenvalue weighted by atomic mass is 10.1. The second-order valence-corrected chi connectivity index (χ2v) is 7.95. The number of nitrogens with one attached hydrogen (secondary N) is 1. The maximum Gasteiger partial charge on any atom is 0.322 e. The summed E-state index contributed by atoms with van der Waals surface area (Å²) in [5.41, 5.74) is 1.18. The molecule has 0 spiro atoms. The van der Waals surface area contributed by atoms with Crippen molar-refractivity contribution in [1.29, 1.82) is 0 Å². The van der Waals surface area contributed by atoms with Gasteiger partial charge in [-0.3, -0.25) is 9.59 Å². The fourth-order valence-corrected chi connectivity index (χ4v) is 4.27. The van der Waals surface area contributed by atoms with Crippen LogP contribution in [0.3, 0.4) is 0 Å². The molecule has 8 nitrogen and oxygen atoms in total. The molecule has 0 saturated carbocycles. The maximum atomic E-state index is 12.3. The van der Waals surface area contributed by atoms with Crippen LogP contribution in [0.15, 0.2) is 53.9 Å². The van der Waals surface area contributed by atoms with Crippen LogP contribution in [0.25, 0.3) is 5.65 Å². The number of hydrogen-bond donors (Lipinski definition) is 3. The Bertz CT molecular complexity index is 996. The fraction of sp³-hybridized carbons (Fsp3) is 0.300. The third-order valence-corrected chi connectivity index (χ3v) is 5.71. The molecule has 1 aliphatic carbocycles. The minimum Gasteiger partial charge on any atom is -0.507 e. The van der Waals surface area contributed by atoms with Gasteiger partial charge in [0.25, 0.3) is 5.91 Å². The average Bonchev–Trinajstić information content (AvgIpc) is 3.15. The first kappa shape index (κ1) is 20.7. The molecule has 3 N–H and O–H groups in total. The van der Waals surface area contributed by atoms with E-state index in [4.69, 9.17) is 5.11 Å². The van der Waals surface area contributed by atoms with Crippen LogP contribution in [0, 0.1) is 0 Å². The van der Waals surface area contributed by atoms with Crippen LogP contribution >= 0.6 is 11.8 Å². The molecule has 2 aromatic heterocycles. The fourth-order valence-electron chi connectivity index (χ4n) is 3.02. The van der Waals surface area contributed by atoms with Crippen LogP contribution in [-0.2, 0) is 4.79 Å². The summed E-state index contributed by atoms with van der Waals surface area (Å²) in [6.45, 7) is 3.48. The number of hydrogen-bond acceptors (Lipinski definition) is 6. The molecule has 1 atom stereocenters. The zero-order valence-electron chi connectivity index (χ0n) is 15.7. The first-order valence-corrected chi connectivity index (χ1v) is 10.1. The van der Waals surface area contributed by atoms with Gasteiger partial charge in [-0.1, -0.05) is 36.5 Å². The number of carboxylic acid groups (broad SMARTS) is 1. The maximum absolute atomic E-state index is 12.3. The number of amides is 1. The summed E-state index contributed by atoms with van der Waals surface area (Å²) in [6, 6.07) is 1.48. The molecule has 0 bridgehead atoms. The Morgan fingerprint density at radius 2 is 2.21 bits per heavy atom. The first-order valence-electron chi connectivity index (χ1n) is 9.19. The lowest BCUT2D eigenvalue weighted by Gasteiger charge is -2.17. The Morgan fingerprint density at radius 1 is 1.38 bits per heavy atom.